The Morgan fingerprint density at radius 1 is 0.795 bits per heavy atom. The van der Waals surface area contributed by atoms with Crippen molar-refractivity contribution >= 4 is 5.97 Å². The SMILES string of the molecule is CCCC1CCC(C2CCC(C(=O)Oc3ccc(F)cc3)(c3ccc(F)cc3)CC2c2ccc(F)cc2)CC1. The Balaban J connectivity index is 1.50. The van der Waals surface area contributed by atoms with Gasteiger partial charge in [0.25, 0.3) is 0 Å². The fourth-order valence-electron chi connectivity index (χ4n) is 7.24. The normalized spacial score (nSPS) is 27.2. The van der Waals surface area contributed by atoms with Crippen LogP contribution in [0.25, 0.3) is 0 Å². The van der Waals surface area contributed by atoms with E-state index in [0.29, 0.717) is 30.2 Å². The minimum absolute atomic E-state index is 0.0258. The molecular formula is C34H37F3O2. The molecule has 2 aliphatic rings. The first kappa shape index (κ1) is 27.5. The average Bonchev–Trinajstić information content (AvgIpc) is 2.95. The Morgan fingerprint density at radius 3 is 1.95 bits per heavy atom. The molecule has 2 saturated carbocycles. The molecule has 206 valence electrons. The number of carbonyl (C=O) groups is 1. The van der Waals surface area contributed by atoms with Crippen molar-refractivity contribution < 1.29 is 22.7 Å². The van der Waals surface area contributed by atoms with Gasteiger partial charge in [-0.1, -0.05) is 56.9 Å². The second-order valence-corrected chi connectivity index (χ2v) is 11.6. The number of hydrogen-bond donors (Lipinski definition) is 0. The van der Waals surface area contributed by atoms with E-state index < -0.39 is 17.2 Å². The molecule has 0 amide bonds. The van der Waals surface area contributed by atoms with Crippen LogP contribution in [0.4, 0.5) is 13.2 Å². The van der Waals surface area contributed by atoms with E-state index >= 15 is 0 Å². The highest BCUT2D eigenvalue weighted by Gasteiger charge is 2.50. The van der Waals surface area contributed by atoms with Crippen molar-refractivity contribution in [1.82, 2.24) is 0 Å². The number of ether oxygens (including phenoxy) is 1. The van der Waals surface area contributed by atoms with E-state index in [1.165, 1.54) is 87.1 Å². The fourth-order valence-corrected chi connectivity index (χ4v) is 7.24. The molecule has 0 N–H and O–H groups in total. The summed E-state index contributed by atoms with van der Waals surface area (Å²) in [7, 11) is 0. The predicted octanol–water partition coefficient (Wildman–Crippen LogP) is 9.14. The molecule has 0 radical (unpaired) electrons. The summed E-state index contributed by atoms with van der Waals surface area (Å²) in [4.78, 5) is 14.0. The topological polar surface area (TPSA) is 26.3 Å². The van der Waals surface area contributed by atoms with Gasteiger partial charge in [0.15, 0.2) is 0 Å². The Labute approximate surface area is 229 Å². The Hall–Kier alpha value is -3.08. The van der Waals surface area contributed by atoms with Crippen LogP contribution in [0.15, 0.2) is 72.8 Å². The van der Waals surface area contributed by atoms with Crippen LogP contribution in [0.3, 0.4) is 0 Å². The lowest BCUT2D eigenvalue weighted by atomic mass is 9.56. The smallest absolute Gasteiger partial charge is 0.321 e. The van der Waals surface area contributed by atoms with Gasteiger partial charge in [-0.05, 0) is 115 Å². The van der Waals surface area contributed by atoms with Gasteiger partial charge in [-0.2, -0.15) is 0 Å². The first-order valence-electron chi connectivity index (χ1n) is 14.4. The largest absolute Gasteiger partial charge is 0.426 e. The van der Waals surface area contributed by atoms with Gasteiger partial charge in [-0.15, -0.1) is 0 Å². The monoisotopic (exact) mass is 534 g/mol. The molecule has 3 aromatic rings. The van der Waals surface area contributed by atoms with Crippen molar-refractivity contribution in [3.05, 3.63) is 101 Å². The van der Waals surface area contributed by atoms with Crippen LogP contribution in [0.5, 0.6) is 5.75 Å². The molecule has 2 aliphatic carbocycles. The molecule has 2 fully saturated rings. The summed E-state index contributed by atoms with van der Waals surface area (Å²) >= 11 is 0. The van der Waals surface area contributed by atoms with Crippen molar-refractivity contribution in [2.24, 2.45) is 17.8 Å². The fraction of sp³-hybridized carbons (Fsp3) is 0.441. The van der Waals surface area contributed by atoms with Crippen LogP contribution in [0.1, 0.15) is 81.8 Å². The number of benzene rings is 3. The number of hydrogen-bond acceptors (Lipinski definition) is 2. The number of halogens is 3. The number of esters is 1. The van der Waals surface area contributed by atoms with E-state index in [0.717, 1.165) is 17.9 Å². The Bertz CT molecular complexity index is 1230. The zero-order valence-electron chi connectivity index (χ0n) is 22.6. The maximum Gasteiger partial charge on any atom is 0.321 e. The van der Waals surface area contributed by atoms with Gasteiger partial charge < -0.3 is 4.74 Å². The number of carbonyl (C=O) groups excluding carboxylic acids is 1. The van der Waals surface area contributed by atoms with E-state index in [1.807, 2.05) is 12.1 Å². The minimum Gasteiger partial charge on any atom is -0.426 e. The highest BCUT2D eigenvalue weighted by molar-refractivity contribution is 5.85. The zero-order chi connectivity index (χ0) is 27.4. The summed E-state index contributed by atoms with van der Waals surface area (Å²) in [6, 6.07) is 18.2. The van der Waals surface area contributed by atoms with Crippen molar-refractivity contribution in [2.75, 3.05) is 0 Å². The predicted molar refractivity (Wildman–Crippen MR) is 147 cm³/mol. The molecule has 0 spiro atoms. The summed E-state index contributed by atoms with van der Waals surface area (Å²) in [5.74, 6) is 0.531. The lowest BCUT2D eigenvalue weighted by Gasteiger charge is -2.47. The standard InChI is InChI=1S/C34H37F3O2/c1-2-3-23-4-6-24(7-5-23)31-20-21-34(26-10-14-28(36)15-11-26,22-32(31)25-8-12-27(35)13-9-25)33(38)39-30-18-16-29(37)17-19-30/h8-19,23-24,31-32H,2-7,20-22H2,1H3. The third kappa shape index (κ3) is 6.08. The zero-order valence-corrected chi connectivity index (χ0v) is 22.6. The van der Waals surface area contributed by atoms with Gasteiger partial charge >= 0.3 is 5.97 Å². The molecule has 39 heavy (non-hydrogen) atoms. The molecule has 5 rings (SSSR count). The van der Waals surface area contributed by atoms with Gasteiger partial charge in [0.2, 0.25) is 0 Å². The second kappa shape index (κ2) is 12.0. The summed E-state index contributed by atoms with van der Waals surface area (Å²) in [5, 5.41) is 0. The van der Waals surface area contributed by atoms with Crippen LogP contribution >= 0.6 is 0 Å². The molecule has 0 aliphatic heterocycles. The van der Waals surface area contributed by atoms with Gasteiger partial charge in [-0.3, -0.25) is 4.79 Å². The molecule has 0 saturated heterocycles. The van der Waals surface area contributed by atoms with Crippen molar-refractivity contribution in [3.63, 3.8) is 0 Å². The first-order valence-corrected chi connectivity index (χ1v) is 14.4. The third-order valence-electron chi connectivity index (χ3n) is 9.29. The van der Waals surface area contributed by atoms with Crippen molar-refractivity contribution in [1.29, 1.82) is 0 Å². The Morgan fingerprint density at radius 2 is 1.36 bits per heavy atom. The maximum absolute atomic E-state index is 14.0. The highest BCUT2D eigenvalue weighted by Crippen LogP contribution is 2.54. The van der Waals surface area contributed by atoms with Gasteiger partial charge in [0.1, 0.15) is 23.2 Å². The van der Waals surface area contributed by atoms with Gasteiger partial charge in [-0.25, -0.2) is 13.2 Å². The lowest BCUT2D eigenvalue weighted by Crippen LogP contribution is -2.46. The summed E-state index contributed by atoms with van der Waals surface area (Å²) in [6.07, 6.45) is 9.21. The molecule has 3 atom stereocenters. The first-order chi connectivity index (χ1) is 18.9. The Kier molecular flexibility index (Phi) is 8.44. The molecule has 5 heteroatoms. The molecule has 3 unspecified atom stereocenters. The van der Waals surface area contributed by atoms with E-state index in [9.17, 15) is 18.0 Å². The molecule has 3 aromatic carbocycles. The average molecular weight is 535 g/mol. The van der Waals surface area contributed by atoms with Crippen LogP contribution in [0, 0.1) is 35.2 Å². The summed E-state index contributed by atoms with van der Waals surface area (Å²) < 4.78 is 47.3. The van der Waals surface area contributed by atoms with E-state index in [2.05, 4.69) is 6.92 Å². The quantitative estimate of drug-likeness (QED) is 0.223. The van der Waals surface area contributed by atoms with Crippen LogP contribution < -0.4 is 4.74 Å². The van der Waals surface area contributed by atoms with Crippen molar-refractivity contribution in [2.45, 2.75) is 76.0 Å². The van der Waals surface area contributed by atoms with Crippen molar-refractivity contribution in [3.8, 4) is 5.75 Å². The second-order valence-electron chi connectivity index (χ2n) is 11.6. The molecule has 0 bridgehead atoms. The third-order valence-corrected chi connectivity index (χ3v) is 9.29. The summed E-state index contributed by atoms with van der Waals surface area (Å²) in [5.41, 5.74) is 0.739. The van der Waals surface area contributed by atoms with Crippen LogP contribution in [-0.4, -0.2) is 5.97 Å². The van der Waals surface area contributed by atoms with E-state index in [1.54, 1.807) is 12.1 Å². The van der Waals surface area contributed by atoms with Crippen LogP contribution in [0.2, 0.25) is 0 Å². The van der Waals surface area contributed by atoms with Crippen LogP contribution in [-0.2, 0) is 10.2 Å². The summed E-state index contributed by atoms with van der Waals surface area (Å²) in [6.45, 7) is 2.25. The van der Waals surface area contributed by atoms with Gasteiger partial charge in [0, 0.05) is 0 Å². The molecule has 2 nitrogen and oxygen atoms in total. The number of rotatable bonds is 7. The molecular weight excluding hydrogens is 497 g/mol. The maximum atomic E-state index is 14.0. The van der Waals surface area contributed by atoms with Gasteiger partial charge in [0.05, 0.1) is 5.41 Å². The van der Waals surface area contributed by atoms with E-state index in [-0.39, 0.29) is 23.3 Å². The van der Waals surface area contributed by atoms with E-state index in [4.69, 9.17) is 4.74 Å². The molecule has 0 heterocycles. The minimum atomic E-state index is -1.00. The molecule has 0 aromatic heterocycles. The highest BCUT2D eigenvalue weighted by atomic mass is 19.1. The lowest BCUT2D eigenvalue weighted by molar-refractivity contribution is -0.143.